The van der Waals surface area contributed by atoms with Gasteiger partial charge in [-0.05, 0) is 64.6 Å². The van der Waals surface area contributed by atoms with E-state index in [1.807, 2.05) is 33.0 Å². The Morgan fingerprint density at radius 3 is 2.57 bits per heavy atom. The number of anilines is 1. The van der Waals surface area contributed by atoms with Crippen molar-refractivity contribution in [3.8, 4) is 0 Å². The van der Waals surface area contributed by atoms with E-state index >= 15 is 0 Å². The summed E-state index contributed by atoms with van der Waals surface area (Å²) in [7, 11) is 0. The summed E-state index contributed by atoms with van der Waals surface area (Å²) in [6.07, 6.45) is 7.30. The Bertz CT molecular complexity index is 540. The first-order chi connectivity index (χ1) is 10.9. The monoisotopic (exact) mass is 317 g/mol. The fourth-order valence-electron chi connectivity index (χ4n) is 2.96. The minimum absolute atomic E-state index is 0.232. The number of hydrogen-bond acceptors (Lipinski definition) is 4. The van der Waals surface area contributed by atoms with Gasteiger partial charge in [0, 0.05) is 18.3 Å². The van der Waals surface area contributed by atoms with Crippen molar-refractivity contribution in [3.63, 3.8) is 0 Å². The van der Waals surface area contributed by atoms with E-state index in [9.17, 15) is 4.79 Å². The van der Waals surface area contributed by atoms with Crippen LogP contribution in [0, 0.1) is 0 Å². The third-order valence-corrected chi connectivity index (χ3v) is 4.23. The Balaban J connectivity index is 1.73. The van der Waals surface area contributed by atoms with Gasteiger partial charge in [0.2, 0.25) is 0 Å². The predicted octanol–water partition coefficient (Wildman–Crippen LogP) is 3.80. The molecule has 0 aromatic carbocycles. The molecule has 1 atom stereocenters. The maximum absolute atomic E-state index is 12.5. The largest absolute Gasteiger partial charge is 0.443 e. The molecular weight excluding hydrogens is 290 g/mol. The average molecular weight is 317 g/mol. The molecule has 1 saturated carbocycles. The van der Waals surface area contributed by atoms with Gasteiger partial charge < -0.3 is 10.1 Å². The van der Waals surface area contributed by atoms with E-state index in [1.54, 1.807) is 4.90 Å². The zero-order chi connectivity index (χ0) is 16.4. The standard InChI is InChI=1S/C18H27N3O2/c1-18(2,3)23-17(22)21(14-8-9-14)16-10-7-13(12-20-16)15-6-4-5-11-19-15/h7,10,12,14-15,19H,4-6,8-9,11H2,1-3H3. The molecule has 23 heavy (non-hydrogen) atoms. The van der Waals surface area contributed by atoms with Crippen LogP contribution in [0.3, 0.4) is 0 Å². The zero-order valence-corrected chi connectivity index (χ0v) is 14.3. The van der Waals surface area contributed by atoms with E-state index in [-0.39, 0.29) is 12.1 Å². The van der Waals surface area contributed by atoms with Crippen molar-refractivity contribution in [3.05, 3.63) is 23.9 Å². The molecule has 1 aromatic rings. The number of pyridine rings is 1. The summed E-state index contributed by atoms with van der Waals surface area (Å²) in [5, 5.41) is 3.53. The molecule has 1 aromatic heterocycles. The van der Waals surface area contributed by atoms with Crippen LogP contribution in [-0.4, -0.2) is 29.3 Å². The smallest absolute Gasteiger partial charge is 0.416 e. The summed E-state index contributed by atoms with van der Waals surface area (Å²) < 4.78 is 5.54. The Kier molecular flexibility index (Phi) is 4.57. The molecule has 1 saturated heterocycles. The normalized spacial score (nSPS) is 21.8. The van der Waals surface area contributed by atoms with Crippen molar-refractivity contribution in [2.24, 2.45) is 0 Å². The summed E-state index contributed by atoms with van der Waals surface area (Å²) in [6.45, 7) is 6.74. The molecule has 3 rings (SSSR count). The number of amides is 1. The second-order valence-electron chi connectivity index (χ2n) is 7.53. The van der Waals surface area contributed by atoms with Crippen LogP contribution in [0.2, 0.25) is 0 Å². The highest BCUT2D eigenvalue weighted by Crippen LogP contribution is 2.33. The van der Waals surface area contributed by atoms with E-state index in [2.05, 4.69) is 16.4 Å². The Labute approximate surface area is 138 Å². The first-order valence-corrected chi connectivity index (χ1v) is 8.65. The molecule has 0 radical (unpaired) electrons. The quantitative estimate of drug-likeness (QED) is 0.921. The zero-order valence-electron chi connectivity index (χ0n) is 14.3. The fraction of sp³-hybridized carbons (Fsp3) is 0.667. The lowest BCUT2D eigenvalue weighted by Gasteiger charge is -2.27. The van der Waals surface area contributed by atoms with Crippen LogP contribution in [0.4, 0.5) is 10.6 Å². The molecule has 1 aliphatic carbocycles. The van der Waals surface area contributed by atoms with Crippen LogP contribution >= 0.6 is 0 Å². The molecule has 0 spiro atoms. The number of nitrogens with one attached hydrogen (secondary N) is 1. The Hall–Kier alpha value is -1.62. The predicted molar refractivity (Wildman–Crippen MR) is 90.6 cm³/mol. The molecule has 2 fully saturated rings. The van der Waals surface area contributed by atoms with Gasteiger partial charge in [0.15, 0.2) is 0 Å². The van der Waals surface area contributed by atoms with Crippen molar-refractivity contribution in [1.29, 1.82) is 0 Å². The number of carbonyl (C=O) groups excluding carboxylic acids is 1. The minimum atomic E-state index is -0.490. The van der Waals surface area contributed by atoms with E-state index < -0.39 is 5.60 Å². The van der Waals surface area contributed by atoms with Gasteiger partial charge >= 0.3 is 6.09 Å². The van der Waals surface area contributed by atoms with Gasteiger partial charge in [-0.1, -0.05) is 12.5 Å². The number of piperidine rings is 1. The molecule has 1 N–H and O–H groups in total. The number of nitrogens with zero attached hydrogens (tertiary/aromatic N) is 2. The number of aromatic nitrogens is 1. The van der Waals surface area contributed by atoms with Crippen LogP contribution in [0.15, 0.2) is 18.3 Å². The summed E-state index contributed by atoms with van der Waals surface area (Å²) in [6, 6.07) is 4.66. The van der Waals surface area contributed by atoms with Gasteiger partial charge in [-0.15, -0.1) is 0 Å². The first kappa shape index (κ1) is 16.2. The van der Waals surface area contributed by atoms with Crippen LogP contribution in [0.1, 0.15) is 64.5 Å². The highest BCUT2D eigenvalue weighted by atomic mass is 16.6. The molecule has 2 heterocycles. The highest BCUT2D eigenvalue weighted by molar-refractivity contribution is 5.88. The van der Waals surface area contributed by atoms with Gasteiger partial charge in [-0.3, -0.25) is 4.90 Å². The second-order valence-corrected chi connectivity index (χ2v) is 7.53. The van der Waals surface area contributed by atoms with E-state index in [1.165, 1.54) is 18.4 Å². The van der Waals surface area contributed by atoms with Crippen molar-refractivity contribution in [1.82, 2.24) is 10.3 Å². The van der Waals surface area contributed by atoms with Crippen molar-refractivity contribution < 1.29 is 9.53 Å². The minimum Gasteiger partial charge on any atom is -0.443 e. The Morgan fingerprint density at radius 1 is 1.26 bits per heavy atom. The molecule has 1 aliphatic heterocycles. The summed E-state index contributed by atoms with van der Waals surface area (Å²) in [5.74, 6) is 0.696. The van der Waals surface area contributed by atoms with Crippen LogP contribution < -0.4 is 10.2 Å². The Morgan fingerprint density at radius 2 is 2.04 bits per heavy atom. The van der Waals surface area contributed by atoms with Gasteiger partial charge in [-0.2, -0.15) is 0 Å². The van der Waals surface area contributed by atoms with Crippen LogP contribution in [0.25, 0.3) is 0 Å². The number of ether oxygens (including phenoxy) is 1. The molecule has 1 unspecified atom stereocenters. The molecule has 0 bridgehead atoms. The lowest BCUT2D eigenvalue weighted by Crippen LogP contribution is -2.38. The van der Waals surface area contributed by atoms with Gasteiger partial charge in [0.25, 0.3) is 0 Å². The average Bonchev–Trinajstić information content (AvgIpc) is 3.32. The maximum atomic E-state index is 12.5. The summed E-state index contributed by atoms with van der Waals surface area (Å²) >= 11 is 0. The van der Waals surface area contributed by atoms with Crippen molar-refractivity contribution >= 4 is 11.9 Å². The molecule has 1 amide bonds. The first-order valence-electron chi connectivity index (χ1n) is 8.65. The maximum Gasteiger partial charge on any atom is 0.416 e. The van der Waals surface area contributed by atoms with Gasteiger partial charge in [-0.25, -0.2) is 9.78 Å². The topological polar surface area (TPSA) is 54.5 Å². The molecule has 5 heteroatoms. The fourth-order valence-corrected chi connectivity index (χ4v) is 2.96. The van der Waals surface area contributed by atoms with E-state index in [0.29, 0.717) is 11.9 Å². The van der Waals surface area contributed by atoms with Crippen molar-refractivity contribution in [2.45, 2.75) is 70.6 Å². The third-order valence-electron chi connectivity index (χ3n) is 4.23. The van der Waals surface area contributed by atoms with E-state index in [0.717, 1.165) is 25.8 Å². The lowest BCUT2D eigenvalue weighted by atomic mass is 9.99. The number of rotatable bonds is 3. The highest BCUT2D eigenvalue weighted by Gasteiger charge is 2.37. The van der Waals surface area contributed by atoms with Crippen LogP contribution in [-0.2, 0) is 4.74 Å². The molecule has 5 nitrogen and oxygen atoms in total. The molecule has 2 aliphatic rings. The SMILES string of the molecule is CC(C)(C)OC(=O)N(c1ccc(C2CCCCN2)cn1)C1CC1. The van der Waals surface area contributed by atoms with Gasteiger partial charge in [0.1, 0.15) is 11.4 Å². The third kappa shape index (κ3) is 4.22. The van der Waals surface area contributed by atoms with Gasteiger partial charge in [0.05, 0.1) is 0 Å². The van der Waals surface area contributed by atoms with E-state index in [4.69, 9.17) is 4.74 Å². The second kappa shape index (κ2) is 6.48. The summed E-state index contributed by atoms with van der Waals surface area (Å²) in [4.78, 5) is 18.7. The number of carbonyl (C=O) groups is 1. The number of hydrogen-bond donors (Lipinski definition) is 1. The van der Waals surface area contributed by atoms with Crippen LogP contribution in [0.5, 0.6) is 0 Å². The summed E-state index contributed by atoms with van der Waals surface area (Å²) in [5.41, 5.74) is 0.712. The molecule has 126 valence electrons. The lowest BCUT2D eigenvalue weighted by molar-refractivity contribution is 0.0576. The van der Waals surface area contributed by atoms with Crippen molar-refractivity contribution in [2.75, 3.05) is 11.4 Å². The molecular formula is C18H27N3O2.